The Morgan fingerprint density at radius 3 is 2.33 bits per heavy atom. The fraction of sp³-hybridized carbons (Fsp3) is 0.143. The van der Waals surface area contributed by atoms with Gasteiger partial charge in [0, 0.05) is 0 Å². The van der Waals surface area contributed by atoms with E-state index in [1.54, 1.807) is 0 Å². The molecule has 1 rings (SSSR count). The van der Waals surface area contributed by atoms with Crippen LogP contribution in [0.1, 0.15) is 5.56 Å². The van der Waals surface area contributed by atoms with Crippen molar-refractivity contribution in [1.82, 2.24) is 0 Å². The van der Waals surface area contributed by atoms with Gasteiger partial charge in [-0.2, -0.15) is 0 Å². The Morgan fingerprint density at radius 2 is 1.89 bits per heavy atom. The highest BCUT2D eigenvalue weighted by molar-refractivity contribution is 5.37. The Kier molecular flexibility index (Phi) is 1.82. The van der Waals surface area contributed by atoms with Crippen LogP contribution in [0.25, 0.3) is 0 Å². The predicted molar refractivity (Wildman–Crippen MR) is 35.6 cm³/mol. The van der Waals surface area contributed by atoms with Gasteiger partial charge >= 0.3 is 0 Å². The topological polar surface area (TPSA) is 55.3 Å². The van der Waals surface area contributed by atoms with Gasteiger partial charge < -0.3 is 11.5 Å². The molecule has 2 heteroatoms. The Labute approximate surface area is 54.5 Å². The summed E-state index contributed by atoms with van der Waals surface area (Å²) in [6, 6.07) is 8.05. The van der Waals surface area contributed by atoms with E-state index in [0.717, 1.165) is 12.2 Å². The van der Waals surface area contributed by atoms with E-state index in [4.69, 9.17) is 0 Å². The maximum atomic E-state index is 3.85. The third kappa shape index (κ3) is 1.28. The van der Waals surface area contributed by atoms with Gasteiger partial charge in [-0.3, -0.25) is 0 Å². The Hall–Kier alpha value is -0.860. The second-order valence-corrected chi connectivity index (χ2v) is 2.02. The first-order valence-electron chi connectivity index (χ1n) is 3.03. The molecule has 0 spiro atoms. The smallest absolute Gasteiger partial charge is 0.136 e. The molecular weight excluding hydrogens is 112 g/mol. The summed E-state index contributed by atoms with van der Waals surface area (Å²) in [5, 5.41) is 0. The molecule has 0 radical (unpaired) electrons. The van der Waals surface area contributed by atoms with Gasteiger partial charge in [-0.15, -0.1) is 0 Å². The molecule has 0 aliphatic rings. The molecule has 0 aromatic heterocycles. The zero-order valence-corrected chi connectivity index (χ0v) is 5.43. The molecule has 0 aliphatic heterocycles. The van der Waals surface area contributed by atoms with Gasteiger partial charge in [0.2, 0.25) is 0 Å². The summed E-state index contributed by atoms with van der Waals surface area (Å²) in [6.07, 6.45) is 0. The van der Waals surface area contributed by atoms with E-state index in [-0.39, 0.29) is 0 Å². The monoisotopic (exact) mass is 124 g/mol. The van der Waals surface area contributed by atoms with E-state index >= 15 is 0 Å². The van der Waals surface area contributed by atoms with Crippen LogP contribution in [-0.2, 0) is 6.54 Å². The average Bonchev–Trinajstić information content (AvgIpc) is 1.89. The molecule has 0 amide bonds. The quantitative estimate of drug-likeness (QED) is 0.497. The van der Waals surface area contributed by atoms with Crippen molar-refractivity contribution in [3.05, 3.63) is 29.8 Å². The van der Waals surface area contributed by atoms with Crippen LogP contribution in [0.4, 0.5) is 5.69 Å². The van der Waals surface area contributed by atoms with E-state index < -0.39 is 0 Å². The van der Waals surface area contributed by atoms with Gasteiger partial charge in [0.05, 0.1) is 5.56 Å². The molecule has 0 bridgehead atoms. The maximum absolute atomic E-state index is 3.85. The summed E-state index contributed by atoms with van der Waals surface area (Å²) in [5.41, 5.74) is 9.95. The van der Waals surface area contributed by atoms with Gasteiger partial charge in [-0.25, -0.2) is 0 Å². The lowest BCUT2D eigenvalue weighted by Gasteiger charge is -1.92. The minimum absolute atomic E-state index is 0.833. The largest absolute Gasteiger partial charge is 0.354 e. The Balaban J connectivity index is 3.01. The third-order valence-electron chi connectivity index (χ3n) is 1.39. The summed E-state index contributed by atoms with van der Waals surface area (Å²) in [5.74, 6) is 0. The van der Waals surface area contributed by atoms with Gasteiger partial charge in [-0.1, -0.05) is 12.1 Å². The Bertz CT molecular complexity index is 196. The van der Waals surface area contributed by atoms with Gasteiger partial charge in [-0.05, 0) is 12.1 Å². The molecule has 0 heterocycles. The van der Waals surface area contributed by atoms with Crippen LogP contribution in [0, 0.1) is 0 Å². The van der Waals surface area contributed by atoms with E-state index in [0.29, 0.717) is 0 Å². The lowest BCUT2D eigenvalue weighted by molar-refractivity contribution is -0.388. The van der Waals surface area contributed by atoms with E-state index in [9.17, 15) is 0 Å². The normalized spacial score (nSPS) is 9.56. The summed E-state index contributed by atoms with van der Waals surface area (Å²) >= 11 is 0. The number of hydrogen-bond donors (Lipinski definition) is 2. The first-order chi connectivity index (χ1) is 4.34. The van der Waals surface area contributed by atoms with Crippen LogP contribution >= 0.6 is 0 Å². The number of rotatable bonds is 1. The second kappa shape index (κ2) is 2.62. The van der Waals surface area contributed by atoms with Gasteiger partial charge in [0.25, 0.3) is 0 Å². The van der Waals surface area contributed by atoms with Crippen molar-refractivity contribution in [2.75, 3.05) is 0 Å². The van der Waals surface area contributed by atoms with Crippen LogP contribution in [0.2, 0.25) is 0 Å². The van der Waals surface area contributed by atoms with Crippen molar-refractivity contribution in [2.45, 2.75) is 6.54 Å². The van der Waals surface area contributed by atoms with Crippen LogP contribution in [0.15, 0.2) is 24.3 Å². The number of quaternary nitrogens is 2. The van der Waals surface area contributed by atoms with Crippen LogP contribution in [-0.4, -0.2) is 0 Å². The van der Waals surface area contributed by atoms with E-state index in [2.05, 4.69) is 17.5 Å². The molecule has 2 nitrogen and oxygen atoms in total. The van der Waals surface area contributed by atoms with Gasteiger partial charge in [0.15, 0.2) is 0 Å². The molecule has 48 valence electrons. The minimum atomic E-state index is 0.833. The van der Waals surface area contributed by atoms with Crippen LogP contribution in [0.3, 0.4) is 0 Å². The lowest BCUT2D eigenvalue weighted by Crippen LogP contribution is -2.50. The fourth-order valence-corrected chi connectivity index (χ4v) is 0.801. The van der Waals surface area contributed by atoms with E-state index in [1.807, 2.05) is 18.2 Å². The minimum Gasteiger partial charge on any atom is -0.354 e. The maximum Gasteiger partial charge on any atom is 0.136 e. The Morgan fingerprint density at radius 1 is 1.22 bits per heavy atom. The molecular formula is C7H12N2+2. The highest BCUT2D eigenvalue weighted by atomic mass is 14.6. The zero-order chi connectivity index (χ0) is 6.69. The summed E-state index contributed by atoms with van der Waals surface area (Å²) in [6.45, 7) is 0.833. The molecule has 0 fully saturated rings. The molecule has 1 aromatic rings. The molecule has 0 unspecified atom stereocenters. The number of hydrogen-bond acceptors (Lipinski definition) is 0. The van der Waals surface area contributed by atoms with Crippen LogP contribution < -0.4 is 11.5 Å². The van der Waals surface area contributed by atoms with Crippen molar-refractivity contribution < 1.29 is 11.5 Å². The van der Waals surface area contributed by atoms with Crippen molar-refractivity contribution in [2.24, 2.45) is 0 Å². The molecule has 0 saturated carbocycles. The second-order valence-electron chi connectivity index (χ2n) is 2.02. The summed E-state index contributed by atoms with van der Waals surface area (Å²) in [4.78, 5) is 0. The first-order valence-corrected chi connectivity index (χ1v) is 3.03. The molecule has 0 atom stereocenters. The van der Waals surface area contributed by atoms with E-state index in [1.165, 1.54) is 5.56 Å². The third-order valence-corrected chi connectivity index (χ3v) is 1.39. The summed E-state index contributed by atoms with van der Waals surface area (Å²) in [7, 11) is 0. The number of benzene rings is 1. The molecule has 0 aliphatic carbocycles. The standard InChI is InChI=1S/C7H10N2/c8-5-6-3-1-2-4-7(6)9/h1-4H,5,8-9H2/p+2. The van der Waals surface area contributed by atoms with Crippen molar-refractivity contribution >= 4 is 5.69 Å². The summed E-state index contributed by atoms with van der Waals surface area (Å²) < 4.78 is 0. The fourth-order valence-electron chi connectivity index (χ4n) is 0.801. The molecule has 6 N–H and O–H groups in total. The van der Waals surface area contributed by atoms with Crippen LogP contribution in [0.5, 0.6) is 0 Å². The SMILES string of the molecule is [NH3+]Cc1ccccc1[NH3+]. The van der Waals surface area contributed by atoms with Crippen molar-refractivity contribution in [3.8, 4) is 0 Å². The molecule has 0 saturated heterocycles. The van der Waals surface area contributed by atoms with Crippen molar-refractivity contribution in [1.29, 1.82) is 0 Å². The molecule has 1 aromatic carbocycles. The highest BCUT2D eigenvalue weighted by Gasteiger charge is 1.96. The van der Waals surface area contributed by atoms with Crippen molar-refractivity contribution in [3.63, 3.8) is 0 Å². The average molecular weight is 124 g/mol. The molecule has 9 heavy (non-hydrogen) atoms. The lowest BCUT2D eigenvalue weighted by atomic mass is 10.2. The zero-order valence-electron chi connectivity index (χ0n) is 5.43. The predicted octanol–water partition coefficient (Wildman–Crippen LogP) is -0.698. The van der Waals surface area contributed by atoms with Gasteiger partial charge in [0.1, 0.15) is 12.2 Å². The highest BCUT2D eigenvalue weighted by Crippen LogP contribution is 2.05. The first kappa shape index (κ1) is 6.26.